The van der Waals surface area contributed by atoms with Gasteiger partial charge in [0.05, 0.1) is 11.4 Å². The smallest absolute Gasteiger partial charge is 0.243 e. The average molecular weight is 451 g/mol. The van der Waals surface area contributed by atoms with Crippen LogP contribution < -0.4 is 0 Å². The highest BCUT2D eigenvalue weighted by molar-refractivity contribution is 7.89. The number of aryl methyl sites for hydroxylation is 1. The first kappa shape index (κ1) is 23.7. The molecule has 172 valence electrons. The van der Waals surface area contributed by atoms with Crippen LogP contribution in [0.15, 0.2) is 29.2 Å². The number of nitrogens with zero attached hydrogens (tertiary/aromatic N) is 4. The van der Waals surface area contributed by atoms with E-state index in [0.717, 1.165) is 18.5 Å². The van der Waals surface area contributed by atoms with Crippen molar-refractivity contribution in [1.82, 2.24) is 19.0 Å². The minimum Gasteiger partial charge on any atom is -0.348 e. The Morgan fingerprint density at radius 3 is 2.23 bits per heavy atom. The minimum absolute atomic E-state index is 0.0712. The number of sulfonamides is 1. The number of hydrogen-bond acceptors (Lipinski definition) is 5. The van der Waals surface area contributed by atoms with Crippen molar-refractivity contribution in [2.75, 3.05) is 59.9 Å². The van der Waals surface area contributed by atoms with E-state index in [1.54, 1.807) is 43.3 Å². The van der Waals surface area contributed by atoms with Gasteiger partial charge in [-0.3, -0.25) is 14.5 Å². The molecule has 0 bridgehead atoms. The van der Waals surface area contributed by atoms with Gasteiger partial charge in [-0.2, -0.15) is 4.31 Å². The van der Waals surface area contributed by atoms with Gasteiger partial charge in [0.2, 0.25) is 21.8 Å². The highest BCUT2D eigenvalue weighted by Gasteiger charge is 2.34. The normalized spacial score (nSPS) is 19.8. The lowest BCUT2D eigenvalue weighted by molar-refractivity contribution is -0.136. The third-order valence-corrected chi connectivity index (χ3v) is 8.13. The topological polar surface area (TPSA) is 81.2 Å². The van der Waals surface area contributed by atoms with Gasteiger partial charge in [0, 0.05) is 59.3 Å². The fraction of sp³-hybridized carbons (Fsp3) is 0.636. The van der Waals surface area contributed by atoms with Crippen LogP contribution in [0.1, 0.15) is 24.8 Å². The van der Waals surface area contributed by atoms with Crippen molar-refractivity contribution in [2.24, 2.45) is 5.92 Å². The number of amides is 2. The zero-order chi connectivity index (χ0) is 22.6. The standard InChI is InChI=1S/C22H34N4O4S/c1-18-5-7-20(8-6-18)31(29,30)26-13-9-19(10-14-26)22(28)25-12-4-11-24(15-16-25)17-21(27)23(2)3/h5-8,19H,4,9-17H2,1-3H3. The SMILES string of the molecule is Cc1ccc(S(=O)(=O)N2CCC(C(=O)N3CCCN(CC(=O)N(C)C)CC3)CC2)cc1. The van der Waals surface area contributed by atoms with Crippen molar-refractivity contribution in [3.8, 4) is 0 Å². The molecular formula is C22H34N4O4S. The molecule has 3 rings (SSSR count). The summed E-state index contributed by atoms with van der Waals surface area (Å²) in [7, 11) is -0.0159. The molecule has 2 aliphatic heterocycles. The fourth-order valence-electron chi connectivity index (χ4n) is 4.14. The van der Waals surface area contributed by atoms with E-state index < -0.39 is 10.0 Å². The highest BCUT2D eigenvalue weighted by Crippen LogP contribution is 2.25. The summed E-state index contributed by atoms with van der Waals surface area (Å²) in [6, 6.07) is 6.90. The van der Waals surface area contributed by atoms with Gasteiger partial charge in [0.1, 0.15) is 0 Å². The summed E-state index contributed by atoms with van der Waals surface area (Å²) in [5.41, 5.74) is 1.02. The maximum Gasteiger partial charge on any atom is 0.243 e. The van der Waals surface area contributed by atoms with Crippen LogP contribution in [0.25, 0.3) is 0 Å². The van der Waals surface area contributed by atoms with Crippen LogP contribution in [-0.2, 0) is 19.6 Å². The summed E-state index contributed by atoms with van der Waals surface area (Å²) in [5, 5.41) is 0. The molecule has 0 atom stereocenters. The molecule has 0 saturated carbocycles. The lowest BCUT2D eigenvalue weighted by Gasteiger charge is -2.33. The van der Waals surface area contributed by atoms with Gasteiger partial charge in [0.25, 0.3) is 0 Å². The Morgan fingerprint density at radius 1 is 0.968 bits per heavy atom. The predicted molar refractivity (Wildman–Crippen MR) is 119 cm³/mol. The molecule has 0 spiro atoms. The summed E-state index contributed by atoms with van der Waals surface area (Å²) in [6.45, 7) is 5.82. The van der Waals surface area contributed by atoms with E-state index in [2.05, 4.69) is 4.90 Å². The van der Waals surface area contributed by atoms with Crippen molar-refractivity contribution in [3.63, 3.8) is 0 Å². The second-order valence-corrected chi connectivity index (χ2v) is 10.7. The van der Waals surface area contributed by atoms with Gasteiger partial charge in [-0.05, 0) is 38.3 Å². The molecule has 2 heterocycles. The lowest BCUT2D eigenvalue weighted by atomic mass is 9.96. The van der Waals surface area contributed by atoms with E-state index in [0.29, 0.717) is 57.0 Å². The van der Waals surface area contributed by atoms with Gasteiger partial charge in [-0.15, -0.1) is 0 Å². The molecule has 1 aromatic carbocycles. The van der Waals surface area contributed by atoms with Crippen LogP contribution in [0.4, 0.5) is 0 Å². The van der Waals surface area contributed by atoms with Crippen molar-refractivity contribution in [2.45, 2.75) is 31.1 Å². The second kappa shape index (κ2) is 10.1. The molecule has 2 amide bonds. The molecule has 2 saturated heterocycles. The lowest BCUT2D eigenvalue weighted by Crippen LogP contribution is -2.45. The molecule has 31 heavy (non-hydrogen) atoms. The summed E-state index contributed by atoms with van der Waals surface area (Å²) >= 11 is 0. The quantitative estimate of drug-likeness (QED) is 0.669. The Morgan fingerprint density at radius 2 is 1.61 bits per heavy atom. The molecule has 2 fully saturated rings. The monoisotopic (exact) mass is 450 g/mol. The van der Waals surface area contributed by atoms with Crippen LogP contribution in [0.5, 0.6) is 0 Å². The third-order valence-electron chi connectivity index (χ3n) is 6.22. The van der Waals surface area contributed by atoms with E-state index in [-0.39, 0.29) is 17.7 Å². The number of rotatable bonds is 5. The van der Waals surface area contributed by atoms with Gasteiger partial charge < -0.3 is 9.80 Å². The average Bonchev–Trinajstić information content (AvgIpc) is 2.99. The van der Waals surface area contributed by atoms with E-state index in [4.69, 9.17) is 0 Å². The Hall–Kier alpha value is -1.97. The molecule has 9 heteroatoms. The molecule has 0 radical (unpaired) electrons. The molecular weight excluding hydrogens is 416 g/mol. The Labute approximate surface area is 185 Å². The Balaban J connectivity index is 1.53. The zero-order valence-corrected chi connectivity index (χ0v) is 19.6. The van der Waals surface area contributed by atoms with Crippen molar-refractivity contribution < 1.29 is 18.0 Å². The van der Waals surface area contributed by atoms with Gasteiger partial charge in [-0.25, -0.2) is 8.42 Å². The van der Waals surface area contributed by atoms with E-state index in [1.807, 2.05) is 11.8 Å². The summed E-state index contributed by atoms with van der Waals surface area (Å²) in [5.74, 6) is 0.0505. The molecule has 1 aromatic rings. The fourth-order valence-corrected chi connectivity index (χ4v) is 5.61. The third kappa shape index (κ3) is 5.84. The summed E-state index contributed by atoms with van der Waals surface area (Å²) in [6.07, 6.45) is 1.93. The Kier molecular flexibility index (Phi) is 7.72. The van der Waals surface area contributed by atoms with E-state index in [1.165, 1.54) is 4.31 Å². The van der Waals surface area contributed by atoms with Crippen molar-refractivity contribution in [1.29, 1.82) is 0 Å². The molecule has 0 N–H and O–H groups in total. The van der Waals surface area contributed by atoms with Gasteiger partial charge >= 0.3 is 0 Å². The first-order valence-corrected chi connectivity index (χ1v) is 12.4. The minimum atomic E-state index is -3.52. The number of likely N-dealkylation sites (N-methyl/N-ethyl adjacent to an activating group) is 1. The second-order valence-electron chi connectivity index (χ2n) is 8.73. The number of carbonyl (C=O) groups is 2. The highest BCUT2D eigenvalue weighted by atomic mass is 32.2. The molecule has 0 aromatic heterocycles. The maximum atomic E-state index is 13.1. The maximum absolute atomic E-state index is 13.1. The number of carbonyl (C=O) groups excluding carboxylic acids is 2. The van der Waals surface area contributed by atoms with E-state index in [9.17, 15) is 18.0 Å². The number of benzene rings is 1. The number of piperidine rings is 1. The van der Waals surface area contributed by atoms with Crippen LogP contribution in [-0.4, -0.2) is 99.1 Å². The van der Waals surface area contributed by atoms with Crippen LogP contribution >= 0.6 is 0 Å². The van der Waals surface area contributed by atoms with Gasteiger partial charge in [0.15, 0.2) is 0 Å². The summed E-state index contributed by atoms with van der Waals surface area (Å²) in [4.78, 5) is 30.9. The van der Waals surface area contributed by atoms with Crippen molar-refractivity contribution >= 4 is 21.8 Å². The summed E-state index contributed by atoms with van der Waals surface area (Å²) < 4.78 is 27.3. The van der Waals surface area contributed by atoms with Crippen LogP contribution in [0.3, 0.4) is 0 Å². The first-order chi connectivity index (χ1) is 14.7. The van der Waals surface area contributed by atoms with E-state index >= 15 is 0 Å². The molecule has 0 unspecified atom stereocenters. The molecule has 2 aliphatic rings. The zero-order valence-electron chi connectivity index (χ0n) is 18.8. The Bertz CT molecular complexity index is 877. The number of hydrogen-bond donors (Lipinski definition) is 0. The molecule has 0 aliphatic carbocycles. The first-order valence-electron chi connectivity index (χ1n) is 11.0. The van der Waals surface area contributed by atoms with Crippen LogP contribution in [0.2, 0.25) is 0 Å². The van der Waals surface area contributed by atoms with Crippen LogP contribution in [0, 0.1) is 12.8 Å². The van der Waals surface area contributed by atoms with Gasteiger partial charge in [-0.1, -0.05) is 17.7 Å². The predicted octanol–water partition coefficient (Wildman–Crippen LogP) is 1.02. The van der Waals surface area contributed by atoms with Crippen molar-refractivity contribution in [3.05, 3.63) is 29.8 Å². The molecule has 8 nitrogen and oxygen atoms in total. The largest absolute Gasteiger partial charge is 0.348 e.